The third kappa shape index (κ3) is 4.86. The Labute approximate surface area is 232 Å². The lowest BCUT2D eigenvalue weighted by atomic mass is 9.95. The van der Waals surface area contributed by atoms with E-state index in [1.165, 1.54) is 24.8 Å². The molecule has 40 heavy (non-hydrogen) atoms. The van der Waals surface area contributed by atoms with Gasteiger partial charge >= 0.3 is 0 Å². The molecule has 0 radical (unpaired) electrons. The second-order valence-electron chi connectivity index (χ2n) is 11.3. The predicted octanol–water partition coefficient (Wildman–Crippen LogP) is 3.96. The number of pyridine rings is 1. The molecule has 1 saturated carbocycles. The number of hydrogen-bond acceptors (Lipinski definition) is 8. The second kappa shape index (κ2) is 10.7. The topological polar surface area (TPSA) is 101 Å². The lowest BCUT2D eigenvalue weighted by molar-refractivity contribution is 0.0982. The number of nitrogens with zero attached hydrogens (tertiary/aromatic N) is 6. The minimum Gasteiger partial charge on any atom is -0.454 e. The third-order valence-corrected chi connectivity index (χ3v) is 8.62. The van der Waals surface area contributed by atoms with Gasteiger partial charge in [-0.15, -0.1) is 5.10 Å². The summed E-state index contributed by atoms with van der Waals surface area (Å²) in [5.41, 5.74) is 3.80. The van der Waals surface area contributed by atoms with Crippen molar-refractivity contribution in [2.45, 2.75) is 57.7 Å². The Morgan fingerprint density at radius 2 is 1.80 bits per heavy atom. The molecule has 0 unspecified atom stereocenters. The number of hydrogen-bond donors (Lipinski definition) is 1. The summed E-state index contributed by atoms with van der Waals surface area (Å²) in [4.78, 5) is 21.6. The van der Waals surface area contributed by atoms with Gasteiger partial charge in [-0.2, -0.15) is 0 Å². The fourth-order valence-corrected chi connectivity index (χ4v) is 6.48. The van der Waals surface area contributed by atoms with Crippen molar-refractivity contribution < 1.29 is 9.47 Å². The third-order valence-electron chi connectivity index (χ3n) is 8.62. The fourth-order valence-electron chi connectivity index (χ4n) is 6.48. The van der Waals surface area contributed by atoms with E-state index in [9.17, 15) is 4.79 Å². The Morgan fingerprint density at radius 3 is 2.65 bits per heavy atom. The maximum atomic E-state index is 13.6. The van der Waals surface area contributed by atoms with E-state index in [0.717, 1.165) is 79.4 Å². The molecule has 2 aromatic carbocycles. The number of aromatic amines is 1. The maximum absolute atomic E-state index is 13.6. The van der Waals surface area contributed by atoms with Crippen LogP contribution in [0.3, 0.4) is 0 Å². The van der Waals surface area contributed by atoms with E-state index < -0.39 is 0 Å². The summed E-state index contributed by atoms with van der Waals surface area (Å²) in [5.74, 6) is 2.40. The van der Waals surface area contributed by atoms with Crippen LogP contribution in [0.2, 0.25) is 0 Å². The van der Waals surface area contributed by atoms with Crippen molar-refractivity contribution in [1.82, 2.24) is 35.0 Å². The van der Waals surface area contributed by atoms with E-state index in [1.807, 2.05) is 29.8 Å². The van der Waals surface area contributed by atoms with Crippen molar-refractivity contribution in [1.29, 1.82) is 0 Å². The summed E-state index contributed by atoms with van der Waals surface area (Å²) in [6.07, 6.45) is 5.77. The minimum absolute atomic E-state index is 0.0796. The van der Waals surface area contributed by atoms with E-state index in [4.69, 9.17) is 9.47 Å². The zero-order valence-electron chi connectivity index (χ0n) is 22.9. The second-order valence-corrected chi connectivity index (χ2v) is 11.3. The Hall–Kier alpha value is -3.76. The fraction of sp³-hybridized carbons (Fsp3) is 0.467. The molecule has 2 fully saturated rings. The van der Waals surface area contributed by atoms with Crippen LogP contribution in [0.5, 0.6) is 11.5 Å². The molecule has 10 nitrogen and oxygen atoms in total. The number of piperazine rings is 1. The van der Waals surface area contributed by atoms with E-state index in [2.05, 4.69) is 54.6 Å². The van der Waals surface area contributed by atoms with Crippen LogP contribution in [0, 0.1) is 6.92 Å². The van der Waals surface area contributed by atoms with Crippen LogP contribution in [-0.4, -0.2) is 68.0 Å². The molecule has 2 aliphatic heterocycles. The molecule has 4 heterocycles. The number of aromatic nitrogens is 5. The number of ether oxygens (including phenoxy) is 2. The Morgan fingerprint density at radius 1 is 0.975 bits per heavy atom. The van der Waals surface area contributed by atoms with Gasteiger partial charge in [-0.3, -0.25) is 14.6 Å². The molecule has 1 saturated heterocycles. The molecule has 3 aliphatic rings. The van der Waals surface area contributed by atoms with Gasteiger partial charge in [0.25, 0.3) is 5.56 Å². The highest BCUT2D eigenvalue weighted by molar-refractivity contribution is 5.79. The molecule has 1 aliphatic carbocycles. The molecular weight excluding hydrogens is 506 g/mol. The van der Waals surface area contributed by atoms with Crippen molar-refractivity contribution in [3.8, 4) is 11.5 Å². The van der Waals surface area contributed by atoms with Crippen molar-refractivity contribution in [2.75, 3.05) is 33.0 Å². The summed E-state index contributed by atoms with van der Waals surface area (Å²) in [5, 5.41) is 14.2. The maximum Gasteiger partial charge on any atom is 0.253 e. The van der Waals surface area contributed by atoms with E-state index >= 15 is 0 Å². The van der Waals surface area contributed by atoms with E-state index in [0.29, 0.717) is 5.56 Å². The van der Waals surface area contributed by atoms with Crippen LogP contribution in [0.1, 0.15) is 66.7 Å². The lowest BCUT2D eigenvalue weighted by Crippen LogP contribution is -2.48. The van der Waals surface area contributed by atoms with Crippen molar-refractivity contribution >= 4 is 10.9 Å². The first-order chi connectivity index (χ1) is 19.6. The molecular formula is C30H35N7O3. The summed E-state index contributed by atoms with van der Waals surface area (Å²) in [6, 6.07) is 14.4. The average molecular weight is 542 g/mol. The molecule has 0 bridgehead atoms. The molecule has 1 atom stereocenters. The number of fused-ring (bicyclic) bond motifs is 2. The van der Waals surface area contributed by atoms with Gasteiger partial charge in [0.15, 0.2) is 17.3 Å². The van der Waals surface area contributed by atoms with Crippen LogP contribution in [0.15, 0.2) is 47.3 Å². The summed E-state index contributed by atoms with van der Waals surface area (Å²) >= 11 is 0. The van der Waals surface area contributed by atoms with Gasteiger partial charge in [0.1, 0.15) is 6.04 Å². The van der Waals surface area contributed by atoms with Gasteiger partial charge in [0, 0.05) is 43.8 Å². The van der Waals surface area contributed by atoms with E-state index in [-0.39, 0.29) is 24.4 Å². The van der Waals surface area contributed by atoms with Crippen LogP contribution in [0.4, 0.5) is 0 Å². The smallest absolute Gasteiger partial charge is 0.253 e. The predicted molar refractivity (Wildman–Crippen MR) is 151 cm³/mol. The van der Waals surface area contributed by atoms with Crippen LogP contribution in [-0.2, 0) is 6.54 Å². The molecule has 0 amide bonds. The highest BCUT2D eigenvalue weighted by Gasteiger charge is 2.34. The highest BCUT2D eigenvalue weighted by atomic mass is 16.7. The zero-order valence-corrected chi connectivity index (χ0v) is 22.9. The largest absolute Gasteiger partial charge is 0.454 e. The first-order valence-corrected chi connectivity index (χ1v) is 14.4. The van der Waals surface area contributed by atoms with Gasteiger partial charge in [-0.05, 0) is 71.0 Å². The van der Waals surface area contributed by atoms with Crippen molar-refractivity contribution in [2.24, 2.45) is 0 Å². The summed E-state index contributed by atoms with van der Waals surface area (Å²) < 4.78 is 13.1. The molecule has 4 aromatic rings. The first-order valence-electron chi connectivity index (χ1n) is 14.4. The molecule has 1 N–H and O–H groups in total. The van der Waals surface area contributed by atoms with E-state index in [1.54, 1.807) is 0 Å². The average Bonchev–Trinajstić information content (AvgIpc) is 3.65. The number of aryl methyl sites for hydroxylation is 1. The lowest BCUT2D eigenvalue weighted by Gasteiger charge is -2.39. The Balaban J connectivity index is 1.19. The SMILES string of the molecule is Cc1ccc2cc([C@H](c3nnnn3C3CCCCC3)N3CCN(Cc4ccc5c(c4)OCO5)CC3)c(=O)[nH]c2c1. The number of nitrogens with one attached hydrogen (secondary N) is 1. The number of H-pyrrole nitrogens is 1. The summed E-state index contributed by atoms with van der Waals surface area (Å²) in [7, 11) is 0. The van der Waals surface area contributed by atoms with Crippen LogP contribution >= 0.6 is 0 Å². The van der Waals surface area contributed by atoms with Gasteiger partial charge < -0.3 is 14.5 Å². The number of tetrazole rings is 1. The van der Waals surface area contributed by atoms with Gasteiger partial charge in [0.05, 0.1) is 6.04 Å². The highest BCUT2D eigenvalue weighted by Crippen LogP contribution is 2.35. The Bertz CT molecular complexity index is 1570. The minimum atomic E-state index is -0.320. The van der Waals surface area contributed by atoms with Gasteiger partial charge in [0.2, 0.25) is 6.79 Å². The van der Waals surface area contributed by atoms with Gasteiger partial charge in [-0.1, -0.05) is 37.5 Å². The van der Waals surface area contributed by atoms with Crippen LogP contribution in [0.25, 0.3) is 10.9 Å². The molecule has 7 rings (SSSR count). The Kier molecular flexibility index (Phi) is 6.73. The standard InChI is InChI=1S/C30H35N7O3/c1-20-7-9-22-17-24(30(38)31-25(22)15-20)28(29-32-33-34-37(29)23-5-3-2-4-6-23)36-13-11-35(12-14-36)18-21-8-10-26-27(16-21)40-19-39-26/h7-10,15-17,23,28H,2-6,11-14,18-19H2,1H3,(H,31,38)/t28-/m1/s1. The van der Waals surface area contributed by atoms with Gasteiger partial charge in [-0.25, -0.2) is 4.68 Å². The first kappa shape index (κ1) is 25.2. The van der Waals surface area contributed by atoms with Crippen molar-refractivity contribution in [3.05, 3.63) is 75.3 Å². The number of benzene rings is 2. The quantitative estimate of drug-likeness (QED) is 0.392. The monoisotopic (exact) mass is 541 g/mol. The normalized spacial score (nSPS) is 19.3. The molecule has 208 valence electrons. The van der Waals surface area contributed by atoms with Crippen LogP contribution < -0.4 is 15.0 Å². The summed E-state index contributed by atoms with van der Waals surface area (Å²) in [6.45, 7) is 6.52. The van der Waals surface area contributed by atoms with Crippen molar-refractivity contribution in [3.63, 3.8) is 0 Å². The molecule has 2 aromatic heterocycles. The molecule has 10 heteroatoms. The molecule has 0 spiro atoms. The zero-order chi connectivity index (χ0) is 27.1. The number of rotatable bonds is 6.